The van der Waals surface area contributed by atoms with Crippen molar-refractivity contribution in [1.29, 1.82) is 0 Å². The monoisotopic (exact) mass is 785 g/mol. The van der Waals surface area contributed by atoms with Gasteiger partial charge in [0.05, 0.1) is 22.3 Å². The minimum Gasteiger partial charge on any atom is -0.507 e. The minimum atomic E-state index is -0.127. The van der Waals surface area contributed by atoms with Crippen LogP contribution in [0.4, 0.5) is 0 Å². The van der Waals surface area contributed by atoms with Crippen molar-refractivity contribution >= 4 is 44.9 Å². The number of nitrogens with zero attached hydrogens (tertiary/aromatic N) is 3. The van der Waals surface area contributed by atoms with Crippen LogP contribution in [0.5, 0.6) is 5.75 Å². The number of rotatable bonds is 7. The van der Waals surface area contributed by atoms with Gasteiger partial charge in [-0.2, -0.15) is 0 Å². The average Bonchev–Trinajstić information content (AvgIpc) is 3.62. The zero-order valence-electron chi connectivity index (χ0n) is 37.1. The molecule has 300 valence electrons. The normalized spacial score (nSPS) is 12.7. The van der Waals surface area contributed by atoms with Crippen LogP contribution in [-0.4, -0.2) is 26.4 Å². The Morgan fingerprint density at radius 3 is 2.08 bits per heavy atom. The predicted octanol–water partition coefficient (Wildman–Crippen LogP) is 12.4. The van der Waals surface area contributed by atoms with Crippen molar-refractivity contribution in [3.8, 4) is 45.2 Å². The van der Waals surface area contributed by atoms with Gasteiger partial charge < -0.3 is 5.11 Å². The molecule has 4 nitrogen and oxygen atoms in total. The van der Waals surface area contributed by atoms with Crippen LogP contribution in [0.15, 0.2) is 115 Å². The molecule has 0 aliphatic carbocycles. The summed E-state index contributed by atoms with van der Waals surface area (Å²) in [7, 11) is 0. The molecule has 2 aromatic heterocycles. The number of aryl methyl sites for hydroxylation is 2. The molecule has 5 heteroatoms. The van der Waals surface area contributed by atoms with E-state index in [2.05, 4.69) is 177 Å². The van der Waals surface area contributed by atoms with E-state index >= 15 is 0 Å². The first kappa shape index (κ1) is 39.5. The fourth-order valence-electron chi connectivity index (χ4n) is 9.71. The van der Waals surface area contributed by atoms with E-state index in [1.807, 2.05) is 19.2 Å². The summed E-state index contributed by atoms with van der Waals surface area (Å²) >= 11 is 0. The molecule has 0 radical (unpaired) electrons. The number of hydrogen-bond acceptors (Lipinski definition) is 3. The van der Waals surface area contributed by atoms with Crippen LogP contribution in [0.3, 0.4) is 0 Å². The summed E-state index contributed by atoms with van der Waals surface area (Å²) in [6.07, 6.45) is 1.95. The zero-order chi connectivity index (χ0) is 42.4. The van der Waals surface area contributed by atoms with Crippen LogP contribution in [0.1, 0.15) is 113 Å². The van der Waals surface area contributed by atoms with E-state index < -0.39 is 0 Å². The number of aromatic hydroxyl groups is 1. The van der Waals surface area contributed by atoms with Gasteiger partial charge in [0, 0.05) is 28.4 Å². The Morgan fingerprint density at radius 1 is 0.667 bits per heavy atom. The van der Waals surface area contributed by atoms with Gasteiger partial charge in [-0.15, -0.1) is 0 Å². The number of fused-ring (bicyclic) bond motifs is 3. The Kier molecular flexibility index (Phi) is 9.65. The Morgan fingerprint density at radius 2 is 1.38 bits per heavy atom. The fourth-order valence-corrected chi connectivity index (χ4v) is 9.71. The number of hydrogen-bond donors (Lipinski definition) is 1. The van der Waals surface area contributed by atoms with Crippen molar-refractivity contribution in [1.82, 2.24) is 14.5 Å². The van der Waals surface area contributed by atoms with Gasteiger partial charge >= 0.3 is 0 Å². The summed E-state index contributed by atoms with van der Waals surface area (Å²) < 4.78 is 2.34. The SMILES string of the molecule is Cc1cc(C)c(O)c(-c2nc3c(-c4cc(-c5nccc6cc(C(C)C)ccc56)cc(C(C)(C)C)c4)ccc4c3n2-c2ccccc2B4c2c(C(C)C)cccc2C(C)C)c1. The summed E-state index contributed by atoms with van der Waals surface area (Å²) in [6.45, 7) is 24.7. The maximum absolute atomic E-state index is 11.8. The number of pyridine rings is 1. The van der Waals surface area contributed by atoms with E-state index in [9.17, 15) is 5.11 Å². The highest BCUT2D eigenvalue weighted by molar-refractivity contribution is 6.98. The standard InChI is InChI=1S/C55H56BN3O/c1-31(2)36-19-20-43-37(27-36)23-24-57-50(43)39-28-38(29-40(30-39)55(9,10)11)44-21-22-47-52-51(44)58-54(45-26-34(7)25-35(8)53(45)60)59(52)48-18-13-12-17-46(48)56(47)49-41(32(3)4)15-14-16-42(49)33(5)6/h12-33,60H,1-11H3. The van der Waals surface area contributed by atoms with E-state index in [1.54, 1.807) is 0 Å². The highest BCUT2D eigenvalue weighted by Crippen LogP contribution is 2.42. The molecule has 1 N–H and O–H groups in total. The van der Waals surface area contributed by atoms with Crippen molar-refractivity contribution in [3.05, 3.63) is 149 Å². The number of para-hydroxylation sites is 1. The molecule has 9 rings (SSSR count). The topological polar surface area (TPSA) is 50.9 Å². The maximum atomic E-state index is 11.8. The van der Waals surface area contributed by atoms with Crippen LogP contribution in [0.25, 0.3) is 61.3 Å². The molecule has 3 heterocycles. The molecule has 0 atom stereocenters. The molecule has 60 heavy (non-hydrogen) atoms. The first-order chi connectivity index (χ1) is 28.6. The van der Waals surface area contributed by atoms with Crippen molar-refractivity contribution in [2.75, 3.05) is 0 Å². The van der Waals surface area contributed by atoms with Gasteiger partial charge in [0.25, 0.3) is 0 Å². The van der Waals surface area contributed by atoms with Gasteiger partial charge in [-0.25, -0.2) is 4.98 Å². The molecule has 0 saturated carbocycles. The molecular formula is C55H56BN3O. The summed E-state index contributed by atoms with van der Waals surface area (Å²) in [5, 5.41) is 14.2. The Labute approximate surface area is 356 Å². The predicted molar refractivity (Wildman–Crippen MR) is 256 cm³/mol. The average molecular weight is 786 g/mol. The van der Waals surface area contributed by atoms with Gasteiger partial charge in [-0.05, 0) is 123 Å². The molecule has 1 aliphatic heterocycles. The highest BCUT2D eigenvalue weighted by Gasteiger charge is 2.38. The lowest BCUT2D eigenvalue weighted by molar-refractivity contribution is 0.472. The Balaban J connectivity index is 1.39. The van der Waals surface area contributed by atoms with E-state index in [0.29, 0.717) is 17.8 Å². The number of imidazole rings is 1. The van der Waals surface area contributed by atoms with Gasteiger partial charge in [0.2, 0.25) is 6.71 Å². The van der Waals surface area contributed by atoms with Crippen LogP contribution >= 0.6 is 0 Å². The number of phenolic OH excluding ortho intramolecular Hbond substituents is 1. The second-order valence-corrected chi connectivity index (χ2v) is 19.1. The molecule has 0 bridgehead atoms. The molecule has 0 unspecified atom stereocenters. The quantitative estimate of drug-likeness (QED) is 0.164. The van der Waals surface area contributed by atoms with Crippen LogP contribution < -0.4 is 16.4 Å². The number of phenols is 1. The molecule has 8 aromatic rings. The van der Waals surface area contributed by atoms with Gasteiger partial charge in [0.15, 0.2) is 0 Å². The van der Waals surface area contributed by atoms with Crippen LogP contribution in [0.2, 0.25) is 0 Å². The molecule has 0 spiro atoms. The van der Waals surface area contributed by atoms with Crippen molar-refractivity contribution in [2.24, 2.45) is 0 Å². The second kappa shape index (κ2) is 14.7. The largest absolute Gasteiger partial charge is 0.507 e. The molecule has 0 saturated heterocycles. The van der Waals surface area contributed by atoms with E-state index in [4.69, 9.17) is 9.97 Å². The van der Waals surface area contributed by atoms with E-state index in [1.165, 1.54) is 44.0 Å². The third kappa shape index (κ3) is 6.45. The highest BCUT2D eigenvalue weighted by atomic mass is 16.3. The second-order valence-electron chi connectivity index (χ2n) is 19.1. The molecule has 0 fully saturated rings. The summed E-state index contributed by atoms with van der Waals surface area (Å²) in [4.78, 5) is 10.7. The number of benzene rings is 6. The van der Waals surface area contributed by atoms with E-state index in [0.717, 1.165) is 67.0 Å². The van der Waals surface area contributed by atoms with Crippen molar-refractivity contribution < 1.29 is 5.11 Å². The van der Waals surface area contributed by atoms with E-state index in [-0.39, 0.29) is 17.9 Å². The molecule has 0 amide bonds. The van der Waals surface area contributed by atoms with Crippen molar-refractivity contribution in [3.63, 3.8) is 0 Å². The van der Waals surface area contributed by atoms with Crippen molar-refractivity contribution in [2.45, 2.75) is 99.3 Å². The van der Waals surface area contributed by atoms with Gasteiger partial charge in [-0.3, -0.25) is 9.55 Å². The summed E-state index contributed by atoms with van der Waals surface area (Å²) in [5.41, 5.74) is 19.1. The zero-order valence-corrected chi connectivity index (χ0v) is 37.1. The molecular weight excluding hydrogens is 729 g/mol. The van der Waals surface area contributed by atoms with Crippen LogP contribution in [-0.2, 0) is 5.41 Å². The first-order valence-electron chi connectivity index (χ1n) is 21.7. The lowest BCUT2D eigenvalue weighted by Crippen LogP contribution is -2.58. The van der Waals surface area contributed by atoms with Crippen LogP contribution in [0, 0.1) is 13.8 Å². The summed E-state index contributed by atoms with van der Waals surface area (Å²) in [6, 6.07) is 40.5. The summed E-state index contributed by atoms with van der Waals surface area (Å²) in [5.74, 6) is 2.14. The lowest BCUT2D eigenvalue weighted by Gasteiger charge is -2.31. The fraction of sp³-hybridized carbons (Fsp3) is 0.273. The third-order valence-corrected chi connectivity index (χ3v) is 12.9. The molecule has 1 aliphatic rings. The third-order valence-electron chi connectivity index (χ3n) is 12.9. The van der Waals surface area contributed by atoms with Gasteiger partial charge in [0.1, 0.15) is 11.6 Å². The Bertz CT molecular complexity index is 2970. The maximum Gasteiger partial charge on any atom is 0.247 e. The first-order valence-corrected chi connectivity index (χ1v) is 21.7. The Hall–Kier alpha value is -5.94. The number of aromatic nitrogens is 3. The van der Waals surface area contributed by atoms with Gasteiger partial charge in [-0.1, -0.05) is 147 Å². The minimum absolute atomic E-state index is 0.00859. The lowest BCUT2D eigenvalue weighted by atomic mass is 9.33. The smallest absolute Gasteiger partial charge is 0.247 e. The molecule has 6 aromatic carbocycles.